The smallest absolute Gasteiger partial charge is 0.356 e. The highest BCUT2D eigenvalue weighted by atomic mass is 127. The number of amides is 1. The van der Waals surface area contributed by atoms with Crippen molar-refractivity contribution in [2.75, 3.05) is 67.0 Å². The molecule has 0 saturated carbocycles. The third kappa shape index (κ3) is 7.40. The third-order valence-corrected chi connectivity index (χ3v) is 5.84. The average Bonchev–Trinajstić information content (AvgIpc) is 3.14. The summed E-state index contributed by atoms with van der Waals surface area (Å²) in [6, 6.07) is -1.44. The topological polar surface area (TPSA) is 54.4 Å². The monoisotopic (exact) mass is 548 g/mol. The summed E-state index contributed by atoms with van der Waals surface area (Å²) in [5.74, 6) is 0.892. The van der Waals surface area contributed by atoms with Crippen LogP contribution < -0.4 is 5.32 Å². The van der Waals surface area contributed by atoms with Gasteiger partial charge >= 0.3 is 6.18 Å². The first kappa shape index (κ1) is 27.2. The SMILES string of the molecule is CN=C(NCCCN1CCCC1C(=O)N(C)C)N1CCN(C(C)C(F)(F)F)CC1.I. The molecule has 176 valence electrons. The molecule has 2 fully saturated rings. The van der Waals surface area contributed by atoms with Crippen LogP contribution in [0.15, 0.2) is 4.99 Å². The predicted molar refractivity (Wildman–Crippen MR) is 123 cm³/mol. The molecular formula is C19H36F3IN6O. The van der Waals surface area contributed by atoms with Gasteiger partial charge in [0.2, 0.25) is 5.91 Å². The van der Waals surface area contributed by atoms with Crippen molar-refractivity contribution in [1.82, 2.24) is 24.9 Å². The van der Waals surface area contributed by atoms with Crippen molar-refractivity contribution in [2.45, 2.75) is 44.4 Å². The molecule has 2 aliphatic heterocycles. The Balaban J connectivity index is 0.00000450. The number of guanidine groups is 1. The van der Waals surface area contributed by atoms with Crippen molar-refractivity contribution >= 4 is 35.8 Å². The van der Waals surface area contributed by atoms with E-state index in [0.717, 1.165) is 38.3 Å². The largest absolute Gasteiger partial charge is 0.403 e. The van der Waals surface area contributed by atoms with E-state index in [1.807, 2.05) is 4.90 Å². The summed E-state index contributed by atoms with van der Waals surface area (Å²) in [6.45, 7) is 5.48. The molecule has 0 spiro atoms. The quantitative estimate of drug-likeness (QED) is 0.237. The number of hydrogen-bond donors (Lipinski definition) is 1. The van der Waals surface area contributed by atoms with Gasteiger partial charge in [0.25, 0.3) is 0 Å². The van der Waals surface area contributed by atoms with Crippen LogP contribution in [0.25, 0.3) is 0 Å². The second-order valence-corrected chi connectivity index (χ2v) is 7.99. The number of carbonyl (C=O) groups is 1. The Hall–Kier alpha value is -0.820. The molecule has 1 amide bonds. The number of piperazine rings is 1. The van der Waals surface area contributed by atoms with Crippen LogP contribution in [0.5, 0.6) is 0 Å². The van der Waals surface area contributed by atoms with Gasteiger partial charge in [-0.3, -0.25) is 19.6 Å². The van der Waals surface area contributed by atoms with Crippen LogP contribution in [-0.4, -0.2) is 117 Å². The number of nitrogens with one attached hydrogen (secondary N) is 1. The first-order chi connectivity index (χ1) is 13.6. The van der Waals surface area contributed by atoms with E-state index >= 15 is 0 Å². The fourth-order valence-corrected chi connectivity index (χ4v) is 4.01. The molecule has 0 aliphatic carbocycles. The minimum Gasteiger partial charge on any atom is -0.356 e. The molecule has 2 saturated heterocycles. The summed E-state index contributed by atoms with van der Waals surface area (Å²) < 4.78 is 38.7. The molecule has 30 heavy (non-hydrogen) atoms. The second kappa shape index (κ2) is 12.3. The molecule has 0 bridgehead atoms. The zero-order valence-electron chi connectivity index (χ0n) is 18.4. The highest BCUT2D eigenvalue weighted by Crippen LogP contribution is 2.25. The van der Waals surface area contributed by atoms with Gasteiger partial charge in [-0.05, 0) is 32.7 Å². The number of halogens is 4. The Morgan fingerprint density at radius 2 is 1.83 bits per heavy atom. The van der Waals surface area contributed by atoms with Crippen LogP contribution in [0.4, 0.5) is 13.2 Å². The van der Waals surface area contributed by atoms with Crippen molar-refractivity contribution in [2.24, 2.45) is 4.99 Å². The number of likely N-dealkylation sites (N-methyl/N-ethyl adjacent to an activating group) is 1. The Morgan fingerprint density at radius 3 is 2.37 bits per heavy atom. The molecule has 0 aromatic carbocycles. The van der Waals surface area contributed by atoms with E-state index in [-0.39, 0.29) is 35.9 Å². The fraction of sp³-hybridized carbons (Fsp3) is 0.895. The van der Waals surface area contributed by atoms with Gasteiger partial charge < -0.3 is 15.1 Å². The summed E-state index contributed by atoms with van der Waals surface area (Å²) in [6.07, 6.45) is -1.36. The molecule has 0 aromatic heterocycles. The zero-order valence-corrected chi connectivity index (χ0v) is 20.7. The maximum atomic E-state index is 12.9. The normalized spacial score (nSPS) is 22.6. The van der Waals surface area contributed by atoms with Crippen LogP contribution >= 0.6 is 24.0 Å². The molecule has 2 rings (SSSR count). The molecule has 1 N–H and O–H groups in total. The number of rotatable bonds is 6. The molecular weight excluding hydrogens is 512 g/mol. The van der Waals surface area contributed by atoms with Crippen molar-refractivity contribution in [3.8, 4) is 0 Å². The van der Waals surface area contributed by atoms with E-state index in [9.17, 15) is 18.0 Å². The van der Waals surface area contributed by atoms with Gasteiger partial charge in [-0.15, -0.1) is 24.0 Å². The summed E-state index contributed by atoms with van der Waals surface area (Å²) in [5, 5.41) is 3.32. The lowest BCUT2D eigenvalue weighted by Crippen LogP contribution is -2.56. The Bertz CT molecular complexity index is 567. The van der Waals surface area contributed by atoms with E-state index < -0.39 is 12.2 Å². The number of nitrogens with zero attached hydrogens (tertiary/aromatic N) is 5. The number of likely N-dealkylation sites (tertiary alicyclic amines) is 1. The van der Waals surface area contributed by atoms with Gasteiger partial charge in [0.1, 0.15) is 6.04 Å². The van der Waals surface area contributed by atoms with E-state index in [0.29, 0.717) is 32.7 Å². The molecule has 0 aromatic rings. The minimum absolute atomic E-state index is 0. The maximum absolute atomic E-state index is 12.9. The Morgan fingerprint density at radius 1 is 1.20 bits per heavy atom. The minimum atomic E-state index is -4.19. The summed E-state index contributed by atoms with van der Waals surface area (Å²) in [5.41, 5.74) is 0. The van der Waals surface area contributed by atoms with Crippen molar-refractivity contribution < 1.29 is 18.0 Å². The summed E-state index contributed by atoms with van der Waals surface area (Å²) in [7, 11) is 5.28. The molecule has 2 unspecified atom stereocenters. The van der Waals surface area contributed by atoms with Crippen LogP contribution in [0.2, 0.25) is 0 Å². The molecule has 2 atom stereocenters. The average molecular weight is 548 g/mol. The highest BCUT2D eigenvalue weighted by molar-refractivity contribution is 14.0. The van der Waals surface area contributed by atoms with Crippen LogP contribution in [0, 0.1) is 0 Å². The number of carbonyl (C=O) groups excluding carboxylic acids is 1. The highest BCUT2D eigenvalue weighted by Gasteiger charge is 2.41. The summed E-state index contributed by atoms with van der Waals surface area (Å²) in [4.78, 5) is 23.9. The van der Waals surface area contributed by atoms with E-state index in [2.05, 4.69) is 15.2 Å². The van der Waals surface area contributed by atoms with Gasteiger partial charge in [0.15, 0.2) is 5.96 Å². The van der Waals surface area contributed by atoms with Crippen LogP contribution in [0.3, 0.4) is 0 Å². The lowest BCUT2D eigenvalue weighted by Gasteiger charge is -2.39. The molecule has 7 nitrogen and oxygen atoms in total. The van der Waals surface area contributed by atoms with Crippen LogP contribution in [0.1, 0.15) is 26.2 Å². The Labute approximate surface area is 195 Å². The van der Waals surface area contributed by atoms with Crippen molar-refractivity contribution in [1.29, 1.82) is 0 Å². The predicted octanol–water partition coefficient (Wildman–Crippen LogP) is 1.69. The lowest BCUT2D eigenvalue weighted by molar-refractivity contribution is -0.181. The van der Waals surface area contributed by atoms with E-state index in [4.69, 9.17) is 0 Å². The maximum Gasteiger partial charge on any atom is 0.403 e. The van der Waals surface area contributed by atoms with Gasteiger partial charge in [0.05, 0.1) is 6.04 Å². The van der Waals surface area contributed by atoms with Crippen molar-refractivity contribution in [3.05, 3.63) is 0 Å². The number of alkyl halides is 3. The number of aliphatic imine (C=N–C) groups is 1. The lowest BCUT2D eigenvalue weighted by atomic mass is 10.2. The fourth-order valence-electron chi connectivity index (χ4n) is 4.01. The zero-order chi connectivity index (χ0) is 21.6. The third-order valence-electron chi connectivity index (χ3n) is 5.84. The first-order valence-corrected chi connectivity index (χ1v) is 10.4. The molecule has 11 heteroatoms. The molecule has 0 radical (unpaired) electrons. The second-order valence-electron chi connectivity index (χ2n) is 7.99. The van der Waals surface area contributed by atoms with Crippen molar-refractivity contribution in [3.63, 3.8) is 0 Å². The first-order valence-electron chi connectivity index (χ1n) is 10.4. The van der Waals surface area contributed by atoms with E-state index in [1.165, 1.54) is 11.8 Å². The van der Waals surface area contributed by atoms with Gasteiger partial charge in [-0.1, -0.05) is 0 Å². The van der Waals surface area contributed by atoms with E-state index in [1.54, 1.807) is 26.0 Å². The Kier molecular flexibility index (Phi) is 11.1. The van der Waals surface area contributed by atoms with Gasteiger partial charge in [0, 0.05) is 60.4 Å². The van der Waals surface area contributed by atoms with Gasteiger partial charge in [-0.25, -0.2) is 0 Å². The van der Waals surface area contributed by atoms with Gasteiger partial charge in [-0.2, -0.15) is 13.2 Å². The van der Waals surface area contributed by atoms with Crippen LogP contribution in [-0.2, 0) is 4.79 Å². The number of hydrogen-bond acceptors (Lipinski definition) is 4. The molecule has 2 heterocycles. The standard InChI is InChI=1S/C19H35F3N6O.HI/c1-15(19(20,21)22)26-11-13-28(14-12-26)18(23-2)24-8-6-10-27-9-5-7-16(27)17(29)25(3)4;/h15-16H,5-14H2,1-4H3,(H,23,24);1H. The summed E-state index contributed by atoms with van der Waals surface area (Å²) >= 11 is 0. The molecule has 2 aliphatic rings.